The third-order valence-electron chi connectivity index (χ3n) is 5.76. The number of ether oxygens (including phenoxy) is 2. The smallest absolute Gasteiger partial charge is 0.407 e. The van der Waals surface area contributed by atoms with Crippen LogP contribution in [0.15, 0.2) is 40.9 Å². The maximum atomic E-state index is 14.5. The Kier molecular flexibility index (Phi) is 6.56. The van der Waals surface area contributed by atoms with Crippen molar-refractivity contribution < 1.29 is 23.0 Å². The summed E-state index contributed by atoms with van der Waals surface area (Å²) in [6.45, 7) is 7.21. The Morgan fingerprint density at radius 1 is 1.16 bits per heavy atom. The molecule has 1 saturated heterocycles. The molecule has 1 fully saturated rings. The molecule has 5 nitrogen and oxygen atoms in total. The van der Waals surface area contributed by atoms with E-state index in [1.54, 1.807) is 20.8 Å². The van der Waals surface area contributed by atoms with Crippen molar-refractivity contribution in [1.82, 2.24) is 10.2 Å². The number of rotatable bonds is 3. The lowest BCUT2D eigenvalue weighted by Gasteiger charge is -2.40. The second-order valence-corrected chi connectivity index (χ2v) is 10.3. The van der Waals surface area contributed by atoms with Crippen LogP contribution < -0.4 is 5.32 Å². The minimum Gasteiger partial charge on any atom is -0.444 e. The van der Waals surface area contributed by atoms with Gasteiger partial charge in [-0.3, -0.25) is 4.90 Å². The molecule has 4 rings (SSSR count). The zero-order valence-corrected chi connectivity index (χ0v) is 19.9. The van der Waals surface area contributed by atoms with Crippen LogP contribution >= 0.6 is 15.9 Å². The molecule has 0 bridgehead atoms. The maximum Gasteiger partial charge on any atom is 0.407 e. The molecule has 2 heterocycles. The summed E-state index contributed by atoms with van der Waals surface area (Å²) < 4.78 is 40.9. The van der Waals surface area contributed by atoms with E-state index < -0.39 is 35.5 Å². The molecule has 0 radical (unpaired) electrons. The Hall–Kier alpha value is -2.03. The fourth-order valence-electron chi connectivity index (χ4n) is 4.35. The number of amides is 1. The molecule has 2 aromatic carbocycles. The van der Waals surface area contributed by atoms with Gasteiger partial charge in [0.2, 0.25) is 0 Å². The first-order valence-corrected chi connectivity index (χ1v) is 11.5. The topological polar surface area (TPSA) is 50.8 Å². The first kappa shape index (κ1) is 23.1. The third kappa shape index (κ3) is 5.30. The monoisotopic (exact) mass is 508 g/mol. The van der Waals surface area contributed by atoms with Crippen molar-refractivity contribution in [2.45, 2.75) is 64.1 Å². The number of nitrogens with zero attached hydrogens (tertiary/aromatic N) is 1. The van der Waals surface area contributed by atoms with Crippen LogP contribution in [0.3, 0.4) is 0 Å². The maximum absolute atomic E-state index is 14.5. The molecular weight excluding hydrogens is 482 g/mol. The van der Waals surface area contributed by atoms with Gasteiger partial charge in [0.25, 0.3) is 0 Å². The molecule has 32 heavy (non-hydrogen) atoms. The van der Waals surface area contributed by atoms with Crippen molar-refractivity contribution in [1.29, 1.82) is 0 Å². The van der Waals surface area contributed by atoms with Gasteiger partial charge in [0.1, 0.15) is 23.3 Å². The molecule has 1 amide bonds. The number of hydrogen-bond acceptors (Lipinski definition) is 4. The number of alkyl carbamates (subject to hydrolysis) is 1. The number of carbonyl (C=O) groups excluding carboxylic acids is 1. The Morgan fingerprint density at radius 3 is 2.66 bits per heavy atom. The summed E-state index contributed by atoms with van der Waals surface area (Å²) in [4.78, 5) is 14.8. The predicted octanol–water partition coefficient (Wildman–Crippen LogP) is 5.47. The lowest BCUT2D eigenvalue weighted by atomic mass is 9.92. The van der Waals surface area contributed by atoms with E-state index >= 15 is 0 Å². The normalized spacial score (nSPS) is 23.6. The van der Waals surface area contributed by atoms with Gasteiger partial charge in [0.05, 0.1) is 12.6 Å². The fourth-order valence-corrected chi connectivity index (χ4v) is 4.76. The minimum atomic E-state index is -0.811. The van der Waals surface area contributed by atoms with E-state index in [-0.39, 0.29) is 11.6 Å². The summed E-state index contributed by atoms with van der Waals surface area (Å²) >= 11 is 3.52. The third-order valence-corrected chi connectivity index (χ3v) is 6.25. The SMILES string of the molecule is CC(C)(C)OC(=O)NC1CC(N2Cc3ccc(Br)cc3C2)CO[C@@H]1c1cc(F)ccc1F. The highest BCUT2D eigenvalue weighted by Crippen LogP contribution is 2.36. The molecular formula is C24H27BrF2N2O3. The van der Waals surface area contributed by atoms with Gasteiger partial charge in [-0.25, -0.2) is 13.6 Å². The van der Waals surface area contributed by atoms with E-state index in [0.717, 1.165) is 35.8 Å². The quantitative estimate of drug-likeness (QED) is 0.597. The molecule has 2 unspecified atom stereocenters. The highest BCUT2D eigenvalue weighted by Gasteiger charge is 2.39. The first-order chi connectivity index (χ1) is 15.1. The van der Waals surface area contributed by atoms with Crippen LogP contribution in [-0.2, 0) is 22.6 Å². The van der Waals surface area contributed by atoms with E-state index in [1.807, 2.05) is 6.07 Å². The Balaban J connectivity index is 1.54. The number of carbonyl (C=O) groups is 1. The molecule has 0 aliphatic carbocycles. The van der Waals surface area contributed by atoms with Gasteiger partial charge in [-0.05, 0) is 68.7 Å². The summed E-state index contributed by atoms with van der Waals surface area (Å²) in [7, 11) is 0. The fraction of sp³-hybridized carbons (Fsp3) is 0.458. The number of benzene rings is 2. The van der Waals surface area contributed by atoms with Crippen LogP contribution in [0, 0.1) is 11.6 Å². The van der Waals surface area contributed by atoms with Crippen LogP contribution in [-0.4, -0.2) is 35.3 Å². The number of hydrogen-bond donors (Lipinski definition) is 1. The van der Waals surface area contributed by atoms with Crippen molar-refractivity contribution in [3.8, 4) is 0 Å². The molecule has 0 saturated carbocycles. The van der Waals surface area contributed by atoms with Gasteiger partial charge in [0, 0.05) is 29.2 Å². The summed E-state index contributed by atoms with van der Waals surface area (Å²) in [6, 6.07) is 8.96. The van der Waals surface area contributed by atoms with Gasteiger partial charge < -0.3 is 14.8 Å². The van der Waals surface area contributed by atoms with E-state index in [2.05, 4.69) is 38.3 Å². The van der Waals surface area contributed by atoms with E-state index in [0.29, 0.717) is 13.0 Å². The predicted molar refractivity (Wildman–Crippen MR) is 120 cm³/mol. The van der Waals surface area contributed by atoms with Gasteiger partial charge in [-0.2, -0.15) is 0 Å². The molecule has 0 spiro atoms. The van der Waals surface area contributed by atoms with Crippen molar-refractivity contribution in [3.05, 3.63) is 69.2 Å². The standard InChI is InChI=1S/C24H27BrF2N2O3/c1-24(2,3)32-23(30)28-21-10-18(29-11-14-4-5-16(25)8-15(14)12-29)13-31-22(21)19-9-17(26)6-7-20(19)27/h4-9,18,21-22H,10-13H2,1-3H3,(H,28,30)/t18?,21?,22-/m1/s1. The van der Waals surface area contributed by atoms with Gasteiger partial charge >= 0.3 is 6.09 Å². The van der Waals surface area contributed by atoms with E-state index in [1.165, 1.54) is 11.1 Å². The highest BCUT2D eigenvalue weighted by molar-refractivity contribution is 9.10. The van der Waals surface area contributed by atoms with E-state index in [4.69, 9.17) is 9.47 Å². The average molecular weight is 509 g/mol. The second kappa shape index (κ2) is 9.08. The Bertz CT molecular complexity index is 1010. The lowest BCUT2D eigenvalue weighted by Crippen LogP contribution is -2.52. The lowest BCUT2D eigenvalue weighted by molar-refractivity contribution is -0.0627. The highest BCUT2D eigenvalue weighted by atomic mass is 79.9. The molecule has 8 heteroatoms. The largest absolute Gasteiger partial charge is 0.444 e. The van der Waals surface area contributed by atoms with Gasteiger partial charge in [-0.1, -0.05) is 22.0 Å². The number of nitrogens with one attached hydrogen (secondary N) is 1. The molecule has 1 N–H and O–H groups in total. The van der Waals surface area contributed by atoms with Crippen LogP contribution in [0.2, 0.25) is 0 Å². The van der Waals surface area contributed by atoms with Crippen LogP contribution in [0.1, 0.15) is 50.0 Å². The van der Waals surface area contributed by atoms with Crippen LogP contribution in [0.5, 0.6) is 0 Å². The molecule has 0 aromatic heterocycles. The van der Waals surface area contributed by atoms with Gasteiger partial charge in [-0.15, -0.1) is 0 Å². The molecule has 172 valence electrons. The van der Waals surface area contributed by atoms with Crippen molar-refractivity contribution in [3.63, 3.8) is 0 Å². The number of fused-ring (bicyclic) bond motifs is 1. The Labute approximate surface area is 195 Å². The minimum absolute atomic E-state index is 0.00832. The van der Waals surface area contributed by atoms with E-state index in [9.17, 15) is 13.6 Å². The van der Waals surface area contributed by atoms with Crippen molar-refractivity contribution in [2.75, 3.05) is 6.61 Å². The van der Waals surface area contributed by atoms with Gasteiger partial charge in [0.15, 0.2) is 0 Å². The second-order valence-electron chi connectivity index (χ2n) is 9.38. The summed E-state index contributed by atoms with van der Waals surface area (Å²) in [5.74, 6) is -1.12. The molecule has 2 aromatic rings. The first-order valence-electron chi connectivity index (χ1n) is 10.7. The van der Waals surface area contributed by atoms with Crippen LogP contribution in [0.25, 0.3) is 0 Å². The van der Waals surface area contributed by atoms with Crippen LogP contribution in [0.4, 0.5) is 13.6 Å². The number of halogens is 3. The zero-order valence-electron chi connectivity index (χ0n) is 18.3. The summed E-state index contributed by atoms with van der Waals surface area (Å²) in [5.41, 5.74) is 1.92. The zero-order chi connectivity index (χ0) is 23.0. The molecule has 2 aliphatic rings. The Morgan fingerprint density at radius 2 is 1.91 bits per heavy atom. The summed E-state index contributed by atoms with van der Waals surface area (Å²) in [6.07, 6.45) is -0.898. The molecule has 2 aliphatic heterocycles. The van der Waals surface area contributed by atoms with Crippen molar-refractivity contribution in [2.24, 2.45) is 0 Å². The summed E-state index contributed by atoms with van der Waals surface area (Å²) in [5, 5.41) is 2.84. The van der Waals surface area contributed by atoms with Crippen molar-refractivity contribution >= 4 is 22.0 Å². The average Bonchev–Trinajstić information content (AvgIpc) is 3.11. The molecule has 3 atom stereocenters.